The van der Waals surface area contributed by atoms with E-state index in [2.05, 4.69) is 17.1 Å². The molecule has 0 atom stereocenters. The second-order valence-corrected chi connectivity index (χ2v) is 7.66. The first kappa shape index (κ1) is 23.8. The number of furan rings is 1. The number of carbonyl (C=O) groups excluding carboxylic acids is 1. The van der Waals surface area contributed by atoms with Gasteiger partial charge in [0.15, 0.2) is 17.3 Å². The van der Waals surface area contributed by atoms with Crippen molar-refractivity contribution in [3.05, 3.63) is 108 Å². The van der Waals surface area contributed by atoms with E-state index in [1.165, 1.54) is 12.3 Å². The van der Waals surface area contributed by atoms with Gasteiger partial charge < -0.3 is 13.9 Å². The number of halogens is 1. The Bertz CT molecular complexity index is 1340. The average molecular weight is 473 g/mol. The van der Waals surface area contributed by atoms with Crippen molar-refractivity contribution in [3.8, 4) is 11.5 Å². The number of hydrazone groups is 1. The zero-order valence-electron chi connectivity index (χ0n) is 19.3. The van der Waals surface area contributed by atoms with Crippen LogP contribution >= 0.6 is 0 Å². The molecule has 6 nitrogen and oxygen atoms in total. The summed E-state index contributed by atoms with van der Waals surface area (Å²) in [6.45, 7) is 6.14. The van der Waals surface area contributed by atoms with Gasteiger partial charge in [-0.3, -0.25) is 4.79 Å². The van der Waals surface area contributed by atoms with Gasteiger partial charge in [-0.05, 0) is 49.2 Å². The highest BCUT2D eigenvalue weighted by molar-refractivity contribution is 5.96. The fourth-order valence-electron chi connectivity index (χ4n) is 3.57. The number of nitrogens with zero attached hydrogens (tertiary/aromatic N) is 1. The van der Waals surface area contributed by atoms with Gasteiger partial charge in [-0.1, -0.05) is 42.5 Å². The second-order valence-electron chi connectivity index (χ2n) is 7.66. The number of amides is 1. The maximum Gasteiger partial charge on any atom is 0.307 e. The largest absolute Gasteiger partial charge is 0.490 e. The quantitative estimate of drug-likeness (QED) is 0.173. The smallest absolute Gasteiger partial charge is 0.307 e. The molecule has 4 rings (SSSR count). The van der Waals surface area contributed by atoms with Crippen LogP contribution in [0.25, 0.3) is 11.0 Å². The van der Waals surface area contributed by atoms with Crippen molar-refractivity contribution in [1.82, 2.24) is 5.43 Å². The molecule has 7 heteroatoms. The molecule has 0 saturated heterocycles. The molecule has 0 fully saturated rings. The van der Waals surface area contributed by atoms with E-state index in [1.54, 1.807) is 42.5 Å². The summed E-state index contributed by atoms with van der Waals surface area (Å²) in [5.74, 6) is 0.382. The molecule has 4 aromatic rings. The molecule has 0 saturated carbocycles. The third kappa shape index (κ3) is 5.76. The summed E-state index contributed by atoms with van der Waals surface area (Å²) in [5.41, 5.74) is 5.04. The van der Waals surface area contributed by atoms with Crippen LogP contribution < -0.4 is 14.9 Å². The predicted molar refractivity (Wildman–Crippen MR) is 134 cm³/mol. The molecule has 0 radical (unpaired) electrons. The lowest BCUT2D eigenvalue weighted by Gasteiger charge is -2.17. The van der Waals surface area contributed by atoms with Crippen LogP contribution in [0, 0.1) is 5.82 Å². The van der Waals surface area contributed by atoms with Crippen LogP contribution in [0.1, 0.15) is 34.2 Å². The third-order valence-corrected chi connectivity index (χ3v) is 5.18. The Morgan fingerprint density at radius 2 is 1.89 bits per heavy atom. The minimum Gasteiger partial charge on any atom is -0.490 e. The standard InChI is InChI=1S/C28H25FN2O4/c1-3-9-21-14-19(17-30-31-28(32)26-16-20-10-6-8-13-24(20)35-26)15-25(33-4-2)27(21)34-18-22-11-5-7-12-23(22)29/h3,5-8,10-17H,1,4,9,18H2,2H3,(H,31,32)/b30-17+. The Hall–Kier alpha value is -4.39. The second kappa shape index (κ2) is 11.2. The van der Waals surface area contributed by atoms with Crippen molar-refractivity contribution in [2.75, 3.05) is 6.61 Å². The maximum absolute atomic E-state index is 14.1. The van der Waals surface area contributed by atoms with E-state index in [9.17, 15) is 9.18 Å². The number of carbonyl (C=O) groups is 1. The van der Waals surface area contributed by atoms with Crippen LogP contribution in [0.2, 0.25) is 0 Å². The summed E-state index contributed by atoms with van der Waals surface area (Å²) in [4.78, 5) is 12.4. The fraction of sp³-hybridized carbons (Fsp3) is 0.143. The first-order valence-electron chi connectivity index (χ1n) is 11.2. The Morgan fingerprint density at radius 1 is 1.09 bits per heavy atom. The monoisotopic (exact) mass is 472 g/mol. The summed E-state index contributed by atoms with van der Waals surface area (Å²) >= 11 is 0. The number of fused-ring (bicyclic) bond motifs is 1. The number of hydrogen-bond acceptors (Lipinski definition) is 5. The zero-order chi connectivity index (χ0) is 24.6. The molecule has 0 spiro atoms. The summed E-state index contributed by atoms with van der Waals surface area (Å²) in [6, 6.07) is 19.1. The average Bonchev–Trinajstić information content (AvgIpc) is 3.29. The van der Waals surface area contributed by atoms with Gasteiger partial charge in [-0.2, -0.15) is 5.10 Å². The number of rotatable bonds is 10. The van der Waals surface area contributed by atoms with E-state index in [1.807, 2.05) is 31.2 Å². The first-order valence-corrected chi connectivity index (χ1v) is 11.2. The molecule has 0 aliphatic carbocycles. The Morgan fingerprint density at radius 3 is 2.66 bits per heavy atom. The van der Waals surface area contributed by atoms with Gasteiger partial charge in [-0.15, -0.1) is 6.58 Å². The van der Waals surface area contributed by atoms with Gasteiger partial charge in [0.2, 0.25) is 0 Å². The van der Waals surface area contributed by atoms with Crippen LogP contribution in [0.3, 0.4) is 0 Å². The highest BCUT2D eigenvalue weighted by atomic mass is 19.1. The summed E-state index contributed by atoms with van der Waals surface area (Å²) in [7, 11) is 0. The third-order valence-electron chi connectivity index (χ3n) is 5.18. The topological polar surface area (TPSA) is 73.1 Å². The van der Waals surface area contributed by atoms with E-state index < -0.39 is 5.91 Å². The SMILES string of the molecule is C=CCc1cc(/C=N/NC(=O)c2cc3ccccc3o2)cc(OCC)c1OCc1ccccc1F. The molecular weight excluding hydrogens is 447 g/mol. The van der Waals surface area contributed by atoms with Gasteiger partial charge in [0.25, 0.3) is 0 Å². The van der Waals surface area contributed by atoms with Crippen LogP contribution in [0.5, 0.6) is 11.5 Å². The lowest BCUT2D eigenvalue weighted by Crippen LogP contribution is -2.16. The minimum atomic E-state index is -0.460. The lowest BCUT2D eigenvalue weighted by molar-refractivity contribution is 0.0929. The molecule has 1 amide bonds. The predicted octanol–water partition coefficient (Wildman–Crippen LogP) is 6.04. The maximum atomic E-state index is 14.1. The number of ether oxygens (including phenoxy) is 2. The minimum absolute atomic E-state index is 0.0535. The van der Waals surface area contributed by atoms with E-state index in [0.717, 1.165) is 10.9 Å². The normalized spacial score (nSPS) is 11.0. The zero-order valence-corrected chi connectivity index (χ0v) is 19.3. The van der Waals surface area contributed by atoms with Gasteiger partial charge in [-0.25, -0.2) is 9.82 Å². The molecule has 3 aromatic carbocycles. The van der Waals surface area contributed by atoms with E-state index in [4.69, 9.17) is 13.9 Å². The first-order chi connectivity index (χ1) is 17.1. The van der Waals surface area contributed by atoms with E-state index in [-0.39, 0.29) is 18.2 Å². The number of nitrogens with one attached hydrogen (secondary N) is 1. The summed E-state index contributed by atoms with van der Waals surface area (Å²) in [5, 5.41) is 4.91. The summed E-state index contributed by atoms with van der Waals surface area (Å²) in [6.07, 6.45) is 3.75. The van der Waals surface area contributed by atoms with Crippen LogP contribution in [-0.4, -0.2) is 18.7 Å². The van der Waals surface area contributed by atoms with Crippen molar-refractivity contribution in [2.24, 2.45) is 5.10 Å². The molecule has 178 valence electrons. The molecule has 0 aliphatic rings. The van der Waals surface area contributed by atoms with Gasteiger partial charge >= 0.3 is 5.91 Å². The Labute approximate surface area is 202 Å². The number of allylic oxidation sites excluding steroid dienone is 1. The molecule has 1 aromatic heterocycles. The molecule has 1 N–H and O–H groups in total. The van der Waals surface area contributed by atoms with Crippen molar-refractivity contribution in [3.63, 3.8) is 0 Å². The van der Waals surface area contributed by atoms with Gasteiger partial charge in [0.05, 0.1) is 12.8 Å². The Kier molecular flexibility index (Phi) is 7.57. The van der Waals surface area contributed by atoms with Crippen molar-refractivity contribution in [1.29, 1.82) is 0 Å². The van der Waals surface area contributed by atoms with Crippen molar-refractivity contribution in [2.45, 2.75) is 20.0 Å². The highest BCUT2D eigenvalue weighted by Crippen LogP contribution is 2.34. The molecule has 0 aliphatic heterocycles. The van der Waals surface area contributed by atoms with Crippen LogP contribution in [-0.2, 0) is 13.0 Å². The van der Waals surface area contributed by atoms with Gasteiger partial charge in [0, 0.05) is 16.5 Å². The van der Waals surface area contributed by atoms with E-state index in [0.29, 0.717) is 41.2 Å². The molecule has 35 heavy (non-hydrogen) atoms. The lowest BCUT2D eigenvalue weighted by atomic mass is 10.1. The van der Waals surface area contributed by atoms with Crippen molar-refractivity contribution < 1.29 is 23.1 Å². The number of benzene rings is 3. The van der Waals surface area contributed by atoms with Gasteiger partial charge in [0.1, 0.15) is 18.0 Å². The van der Waals surface area contributed by atoms with E-state index >= 15 is 0 Å². The summed E-state index contributed by atoms with van der Waals surface area (Å²) < 4.78 is 31.4. The van der Waals surface area contributed by atoms with Crippen LogP contribution in [0.4, 0.5) is 4.39 Å². The van der Waals surface area contributed by atoms with Crippen LogP contribution in [0.15, 0.2) is 88.9 Å². The number of hydrogen-bond donors (Lipinski definition) is 1. The molecule has 1 heterocycles. The molecular formula is C28H25FN2O4. The number of para-hydroxylation sites is 1. The highest BCUT2D eigenvalue weighted by Gasteiger charge is 2.15. The van der Waals surface area contributed by atoms with Crippen molar-refractivity contribution >= 4 is 23.1 Å². The fourth-order valence-corrected chi connectivity index (χ4v) is 3.57. The Balaban J connectivity index is 1.53. The molecule has 0 bridgehead atoms. The molecule has 0 unspecified atom stereocenters.